The van der Waals surface area contributed by atoms with Crippen molar-refractivity contribution >= 4 is 22.7 Å². The lowest BCUT2D eigenvalue weighted by atomic mass is 10.2. The van der Waals surface area contributed by atoms with Gasteiger partial charge in [-0.25, -0.2) is 9.97 Å². The molecule has 1 aromatic carbocycles. The molecule has 3 aromatic heterocycles. The van der Waals surface area contributed by atoms with E-state index in [0.717, 1.165) is 33.9 Å². The molecule has 0 unspecified atom stereocenters. The van der Waals surface area contributed by atoms with Crippen LogP contribution in [0.2, 0.25) is 0 Å². The number of pyridine rings is 1. The molecule has 4 aromatic rings. The van der Waals surface area contributed by atoms with Crippen LogP contribution in [-0.2, 0) is 0 Å². The van der Waals surface area contributed by atoms with Crippen LogP contribution in [0.4, 0.5) is 11.6 Å². The van der Waals surface area contributed by atoms with Crippen molar-refractivity contribution in [1.82, 2.24) is 19.5 Å². The van der Waals surface area contributed by atoms with Crippen LogP contribution in [0, 0.1) is 6.92 Å². The summed E-state index contributed by atoms with van der Waals surface area (Å²) in [6, 6.07) is 13.7. The van der Waals surface area contributed by atoms with Gasteiger partial charge in [0.2, 0.25) is 5.95 Å². The lowest BCUT2D eigenvalue weighted by Crippen LogP contribution is -2.02. The van der Waals surface area contributed by atoms with Gasteiger partial charge in [0, 0.05) is 35.7 Å². The van der Waals surface area contributed by atoms with E-state index in [0.29, 0.717) is 12.6 Å². The Morgan fingerprint density at radius 1 is 1.12 bits per heavy atom. The molecule has 1 N–H and O–H groups in total. The van der Waals surface area contributed by atoms with Crippen LogP contribution < -0.4 is 10.1 Å². The van der Waals surface area contributed by atoms with Gasteiger partial charge in [-0.05, 0) is 43.7 Å². The molecule has 4 rings (SSSR count). The first-order chi connectivity index (χ1) is 12.7. The zero-order valence-corrected chi connectivity index (χ0v) is 14.7. The summed E-state index contributed by atoms with van der Waals surface area (Å²) in [5, 5.41) is 4.25. The first kappa shape index (κ1) is 16.1. The number of fused-ring (bicyclic) bond motifs is 1. The van der Waals surface area contributed by atoms with E-state index >= 15 is 0 Å². The van der Waals surface area contributed by atoms with Gasteiger partial charge in [0.05, 0.1) is 6.61 Å². The molecule has 0 aliphatic heterocycles. The topological polar surface area (TPSA) is 64.9 Å². The zero-order valence-electron chi connectivity index (χ0n) is 14.7. The average molecular weight is 345 g/mol. The fourth-order valence-electron chi connectivity index (χ4n) is 2.77. The van der Waals surface area contributed by atoms with Crippen LogP contribution >= 0.6 is 0 Å². The lowest BCUT2D eigenvalue weighted by molar-refractivity contribution is 0.340. The summed E-state index contributed by atoms with van der Waals surface area (Å²) in [5.74, 6) is 2.17. The van der Waals surface area contributed by atoms with Gasteiger partial charge < -0.3 is 10.1 Å². The van der Waals surface area contributed by atoms with E-state index in [1.165, 1.54) is 0 Å². The van der Waals surface area contributed by atoms with Crippen LogP contribution in [0.1, 0.15) is 12.5 Å². The SMILES string of the molecule is CCOc1ccc(C)c(Nc2ncc3ccn(-c4ccccn4)c3n2)c1. The van der Waals surface area contributed by atoms with E-state index < -0.39 is 0 Å². The molecule has 0 spiro atoms. The van der Waals surface area contributed by atoms with Gasteiger partial charge in [0.1, 0.15) is 11.6 Å². The maximum atomic E-state index is 5.58. The Bertz CT molecular complexity index is 1040. The van der Waals surface area contributed by atoms with E-state index in [1.807, 2.05) is 73.3 Å². The third kappa shape index (κ3) is 3.09. The molecule has 0 aliphatic rings. The number of benzene rings is 1. The molecule has 6 nitrogen and oxygen atoms in total. The van der Waals surface area contributed by atoms with Gasteiger partial charge in [-0.1, -0.05) is 12.1 Å². The van der Waals surface area contributed by atoms with Crippen LogP contribution in [0.5, 0.6) is 5.75 Å². The maximum absolute atomic E-state index is 5.58. The van der Waals surface area contributed by atoms with Gasteiger partial charge in [-0.15, -0.1) is 0 Å². The van der Waals surface area contributed by atoms with Crippen molar-refractivity contribution in [2.45, 2.75) is 13.8 Å². The molecular weight excluding hydrogens is 326 g/mol. The van der Waals surface area contributed by atoms with Crippen molar-refractivity contribution < 1.29 is 4.74 Å². The molecule has 0 bridgehead atoms. The molecule has 26 heavy (non-hydrogen) atoms. The standard InChI is InChI=1S/C20H19N5O/c1-3-26-16-8-7-14(2)17(12-16)23-20-22-13-15-9-11-25(19(15)24-20)18-6-4-5-10-21-18/h4-13H,3H2,1-2H3,(H,22,23,24). The predicted molar refractivity (Wildman–Crippen MR) is 102 cm³/mol. The summed E-state index contributed by atoms with van der Waals surface area (Å²) < 4.78 is 7.53. The molecule has 0 amide bonds. The van der Waals surface area contributed by atoms with Gasteiger partial charge in [0.15, 0.2) is 5.65 Å². The minimum atomic E-state index is 0.533. The van der Waals surface area contributed by atoms with E-state index in [9.17, 15) is 0 Å². The largest absolute Gasteiger partial charge is 0.494 e. The third-order valence-electron chi connectivity index (χ3n) is 4.09. The normalized spacial score (nSPS) is 10.8. The van der Waals surface area contributed by atoms with Crippen molar-refractivity contribution in [2.24, 2.45) is 0 Å². The summed E-state index contributed by atoms with van der Waals surface area (Å²) in [6.07, 6.45) is 5.53. The second-order valence-electron chi connectivity index (χ2n) is 5.88. The Morgan fingerprint density at radius 2 is 2.04 bits per heavy atom. The Hall–Kier alpha value is -3.41. The monoisotopic (exact) mass is 345 g/mol. The number of aromatic nitrogens is 4. The van der Waals surface area contributed by atoms with Gasteiger partial charge in [-0.3, -0.25) is 4.57 Å². The van der Waals surface area contributed by atoms with Crippen LogP contribution in [0.25, 0.3) is 16.9 Å². The van der Waals surface area contributed by atoms with Crippen molar-refractivity contribution in [2.75, 3.05) is 11.9 Å². The Morgan fingerprint density at radius 3 is 2.85 bits per heavy atom. The number of anilines is 2. The number of hydrogen-bond acceptors (Lipinski definition) is 5. The van der Waals surface area contributed by atoms with Gasteiger partial charge in [0.25, 0.3) is 0 Å². The van der Waals surface area contributed by atoms with E-state index in [2.05, 4.69) is 20.3 Å². The van der Waals surface area contributed by atoms with Crippen molar-refractivity contribution in [3.63, 3.8) is 0 Å². The van der Waals surface area contributed by atoms with Gasteiger partial charge in [-0.2, -0.15) is 4.98 Å². The highest BCUT2D eigenvalue weighted by atomic mass is 16.5. The summed E-state index contributed by atoms with van der Waals surface area (Å²) in [7, 11) is 0. The molecule has 3 heterocycles. The summed E-state index contributed by atoms with van der Waals surface area (Å²) in [6.45, 7) is 4.63. The quantitative estimate of drug-likeness (QED) is 0.585. The summed E-state index contributed by atoms with van der Waals surface area (Å²) in [5.41, 5.74) is 2.82. The second kappa shape index (κ2) is 6.84. The molecular formula is C20H19N5O. The highest BCUT2D eigenvalue weighted by Gasteiger charge is 2.09. The minimum absolute atomic E-state index is 0.533. The van der Waals surface area contributed by atoms with Gasteiger partial charge >= 0.3 is 0 Å². The number of nitrogens with zero attached hydrogens (tertiary/aromatic N) is 4. The summed E-state index contributed by atoms with van der Waals surface area (Å²) >= 11 is 0. The number of hydrogen-bond donors (Lipinski definition) is 1. The molecule has 0 fully saturated rings. The van der Waals surface area contributed by atoms with Crippen LogP contribution in [0.3, 0.4) is 0 Å². The average Bonchev–Trinajstić information content (AvgIpc) is 3.09. The Balaban J connectivity index is 1.71. The maximum Gasteiger partial charge on any atom is 0.229 e. The summed E-state index contributed by atoms with van der Waals surface area (Å²) in [4.78, 5) is 13.5. The number of aryl methyl sites for hydroxylation is 1. The molecule has 0 aliphatic carbocycles. The van der Waals surface area contributed by atoms with E-state index in [1.54, 1.807) is 6.20 Å². The molecule has 0 saturated carbocycles. The van der Waals surface area contributed by atoms with E-state index in [-0.39, 0.29) is 0 Å². The number of ether oxygens (including phenoxy) is 1. The van der Waals surface area contributed by atoms with Crippen LogP contribution in [-0.4, -0.2) is 26.1 Å². The minimum Gasteiger partial charge on any atom is -0.494 e. The Kier molecular flexibility index (Phi) is 4.23. The molecule has 6 heteroatoms. The molecule has 0 radical (unpaired) electrons. The zero-order chi connectivity index (χ0) is 17.9. The van der Waals surface area contributed by atoms with Crippen molar-refractivity contribution in [3.05, 3.63) is 66.6 Å². The second-order valence-corrected chi connectivity index (χ2v) is 5.88. The fourth-order valence-corrected chi connectivity index (χ4v) is 2.77. The molecule has 0 atom stereocenters. The third-order valence-corrected chi connectivity index (χ3v) is 4.09. The molecule has 130 valence electrons. The van der Waals surface area contributed by atoms with E-state index in [4.69, 9.17) is 4.74 Å². The highest BCUT2D eigenvalue weighted by molar-refractivity contribution is 5.78. The first-order valence-corrected chi connectivity index (χ1v) is 8.50. The van der Waals surface area contributed by atoms with Crippen LogP contribution in [0.15, 0.2) is 61.1 Å². The fraction of sp³-hybridized carbons (Fsp3) is 0.150. The van der Waals surface area contributed by atoms with Crippen molar-refractivity contribution in [1.29, 1.82) is 0 Å². The number of rotatable bonds is 5. The highest BCUT2D eigenvalue weighted by Crippen LogP contribution is 2.25. The first-order valence-electron chi connectivity index (χ1n) is 8.50. The molecule has 0 saturated heterocycles. The lowest BCUT2D eigenvalue weighted by Gasteiger charge is -2.11. The smallest absolute Gasteiger partial charge is 0.229 e. The Labute approximate surface area is 151 Å². The van der Waals surface area contributed by atoms with Crippen molar-refractivity contribution in [3.8, 4) is 11.6 Å². The predicted octanol–water partition coefficient (Wildman–Crippen LogP) is 4.27. The number of nitrogens with one attached hydrogen (secondary N) is 1.